The van der Waals surface area contributed by atoms with Gasteiger partial charge in [-0.3, -0.25) is 4.79 Å². The number of anilines is 1. The van der Waals surface area contributed by atoms with E-state index >= 15 is 0 Å². The number of benzene rings is 1. The number of fused-ring (bicyclic) bond motifs is 1. The summed E-state index contributed by atoms with van der Waals surface area (Å²) in [6.45, 7) is 5.31. The predicted molar refractivity (Wildman–Crippen MR) is 104 cm³/mol. The number of hydrogen-bond acceptors (Lipinski definition) is 4. The van der Waals surface area contributed by atoms with E-state index in [9.17, 15) is 4.79 Å². The number of hydrogen-bond donors (Lipinski definition) is 0. The molecule has 0 radical (unpaired) electrons. The molecule has 136 valence electrons. The lowest BCUT2D eigenvalue weighted by molar-refractivity contribution is -0.145. The van der Waals surface area contributed by atoms with Gasteiger partial charge in [0.05, 0.1) is 13.2 Å². The fraction of sp³-hybridized carbons (Fsp3) is 0.400. The minimum Gasteiger partial charge on any atom is -0.365 e. The van der Waals surface area contributed by atoms with Crippen molar-refractivity contribution in [1.82, 2.24) is 9.88 Å². The molecule has 5 nitrogen and oxygen atoms in total. The number of aromatic nitrogens is 1. The third-order valence-electron chi connectivity index (χ3n) is 5.10. The topological polar surface area (TPSA) is 45.7 Å². The Bertz CT molecular complexity index is 826. The monoisotopic (exact) mass is 415 g/mol. The van der Waals surface area contributed by atoms with Crippen molar-refractivity contribution in [2.24, 2.45) is 0 Å². The summed E-state index contributed by atoms with van der Waals surface area (Å²) in [6.07, 6.45) is 2.28. The molecule has 6 heteroatoms. The number of ether oxygens (including phenoxy) is 1. The van der Waals surface area contributed by atoms with Gasteiger partial charge in [-0.1, -0.05) is 24.3 Å². The second kappa shape index (κ2) is 7.37. The Hall–Kier alpha value is -1.92. The molecule has 4 rings (SSSR count). The van der Waals surface area contributed by atoms with Crippen LogP contribution >= 0.6 is 15.9 Å². The van der Waals surface area contributed by atoms with Crippen LogP contribution in [0.3, 0.4) is 0 Å². The van der Waals surface area contributed by atoms with E-state index in [0.29, 0.717) is 19.7 Å². The smallest absolute Gasteiger partial charge is 0.253 e. The Morgan fingerprint density at radius 3 is 2.88 bits per heavy atom. The largest absolute Gasteiger partial charge is 0.365 e. The van der Waals surface area contributed by atoms with E-state index in [4.69, 9.17) is 4.74 Å². The third kappa shape index (κ3) is 3.48. The van der Waals surface area contributed by atoms with Crippen LogP contribution in [0.2, 0.25) is 0 Å². The molecule has 1 fully saturated rings. The van der Waals surface area contributed by atoms with Crippen molar-refractivity contribution in [3.05, 3.63) is 57.7 Å². The number of morpholine rings is 1. The second-order valence-corrected chi connectivity index (χ2v) is 7.79. The van der Waals surface area contributed by atoms with Gasteiger partial charge in [-0.05, 0) is 52.0 Å². The number of pyridine rings is 1. The molecule has 2 aromatic rings. The van der Waals surface area contributed by atoms with Crippen molar-refractivity contribution >= 4 is 27.7 Å². The van der Waals surface area contributed by atoms with Crippen LogP contribution in [0, 0.1) is 6.92 Å². The summed E-state index contributed by atoms with van der Waals surface area (Å²) in [7, 11) is 0. The first-order valence-corrected chi connectivity index (χ1v) is 9.75. The highest BCUT2D eigenvalue weighted by atomic mass is 79.9. The standard InChI is InChI=1S/C20H22BrN3O2/c1-14-10-17(21)11-22-19(14)23-8-9-26-18(13-23)20(25)24-7-6-15-4-2-3-5-16(15)12-24/h2-5,10-11,18H,6-9,12-13H2,1H3. The molecule has 0 spiro atoms. The average Bonchev–Trinajstić information content (AvgIpc) is 2.67. The fourth-order valence-electron chi connectivity index (χ4n) is 3.74. The normalized spacial score (nSPS) is 20.0. The van der Waals surface area contributed by atoms with Crippen molar-refractivity contribution in [2.45, 2.75) is 26.0 Å². The number of amides is 1. The number of halogens is 1. The molecule has 0 bridgehead atoms. The van der Waals surface area contributed by atoms with Crippen LogP contribution in [-0.4, -0.2) is 48.1 Å². The fourth-order valence-corrected chi connectivity index (χ4v) is 4.19. The van der Waals surface area contributed by atoms with E-state index in [1.807, 2.05) is 17.9 Å². The lowest BCUT2D eigenvalue weighted by Crippen LogP contribution is -2.52. The first-order chi connectivity index (χ1) is 12.6. The minimum atomic E-state index is -0.432. The molecule has 1 atom stereocenters. The van der Waals surface area contributed by atoms with E-state index in [2.05, 4.69) is 50.1 Å². The summed E-state index contributed by atoms with van der Waals surface area (Å²) >= 11 is 3.45. The van der Waals surface area contributed by atoms with E-state index < -0.39 is 6.10 Å². The van der Waals surface area contributed by atoms with Gasteiger partial charge in [0.25, 0.3) is 5.91 Å². The van der Waals surface area contributed by atoms with E-state index in [1.54, 1.807) is 6.20 Å². The van der Waals surface area contributed by atoms with Gasteiger partial charge in [-0.2, -0.15) is 0 Å². The van der Waals surface area contributed by atoms with E-state index in [1.165, 1.54) is 11.1 Å². The summed E-state index contributed by atoms with van der Waals surface area (Å²) in [5, 5.41) is 0. The van der Waals surface area contributed by atoms with Crippen molar-refractivity contribution in [2.75, 3.05) is 31.1 Å². The van der Waals surface area contributed by atoms with E-state index in [0.717, 1.165) is 35.4 Å². The highest BCUT2D eigenvalue weighted by molar-refractivity contribution is 9.10. The molecule has 1 aromatic carbocycles. The van der Waals surface area contributed by atoms with Crippen LogP contribution in [0.5, 0.6) is 0 Å². The predicted octanol–water partition coefficient (Wildman–Crippen LogP) is 2.94. The lowest BCUT2D eigenvalue weighted by atomic mass is 9.99. The van der Waals surface area contributed by atoms with Gasteiger partial charge in [-0.25, -0.2) is 4.98 Å². The molecule has 1 unspecified atom stereocenters. The van der Waals surface area contributed by atoms with Crippen molar-refractivity contribution in [1.29, 1.82) is 0 Å². The molecule has 0 saturated carbocycles. The summed E-state index contributed by atoms with van der Waals surface area (Å²) in [4.78, 5) is 21.6. The summed E-state index contributed by atoms with van der Waals surface area (Å²) in [5.41, 5.74) is 3.68. The molecule has 2 aliphatic rings. The molecule has 2 aliphatic heterocycles. The zero-order chi connectivity index (χ0) is 18.1. The maximum atomic E-state index is 13.0. The molecular weight excluding hydrogens is 394 g/mol. The highest BCUT2D eigenvalue weighted by Gasteiger charge is 2.32. The Balaban J connectivity index is 1.47. The van der Waals surface area contributed by atoms with Crippen LogP contribution in [0.15, 0.2) is 41.0 Å². The van der Waals surface area contributed by atoms with Gasteiger partial charge in [0.15, 0.2) is 6.10 Å². The Morgan fingerprint density at radius 1 is 1.27 bits per heavy atom. The molecule has 0 N–H and O–H groups in total. The number of nitrogens with zero attached hydrogens (tertiary/aromatic N) is 3. The van der Waals surface area contributed by atoms with Crippen LogP contribution in [0.25, 0.3) is 0 Å². The van der Waals surface area contributed by atoms with Gasteiger partial charge in [0.1, 0.15) is 5.82 Å². The van der Waals surface area contributed by atoms with Gasteiger partial charge in [0, 0.05) is 30.3 Å². The molecule has 0 aliphatic carbocycles. The number of carbonyl (C=O) groups excluding carboxylic acids is 1. The van der Waals surface area contributed by atoms with Gasteiger partial charge in [0.2, 0.25) is 0 Å². The maximum absolute atomic E-state index is 13.0. The maximum Gasteiger partial charge on any atom is 0.253 e. The molecule has 1 amide bonds. The van der Waals surface area contributed by atoms with Crippen molar-refractivity contribution in [3.8, 4) is 0 Å². The highest BCUT2D eigenvalue weighted by Crippen LogP contribution is 2.24. The number of rotatable bonds is 2. The zero-order valence-corrected chi connectivity index (χ0v) is 16.4. The third-order valence-corrected chi connectivity index (χ3v) is 5.53. The molecule has 1 aromatic heterocycles. The van der Waals surface area contributed by atoms with Crippen LogP contribution in [0.4, 0.5) is 5.82 Å². The first kappa shape index (κ1) is 17.5. The van der Waals surface area contributed by atoms with E-state index in [-0.39, 0.29) is 5.91 Å². The molecule has 26 heavy (non-hydrogen) atoms. The minimum absolute atomic E-state index is 0.0824. The molecule has 3 heterocycles. The number of aryl methyl sites for hydroxylation is 1. The molecular formula is C20H22BrN3O2. The summed E-state index contributed by atoms with van der Waals surface area (Å²) in [6, 6.07) is 10.4. The van der Waals surface area contributed by atoms with Crippen LogP contribution in [-0.2, 0) is 22.5 Å². The SMILES string of the molecule is Cc1cc(Br)cnc1N1CCOC(C(=O)N2CCc3ccccc3C2)C1. The average molecular weight is 416 g/mol. The Morgan fingerprint density at radius 2 is 2.08 bits per heavy atom. The van der Waals surface area contributed by atoms with Crippen molar-refractivity contribution in [3.63, 3.8) is 0 Å². The Labute approximate surface area is 162 Å². The summed E-state index contributed by atoms with van der Waals surface area (Å²) in [5.74, 6) is 1.01. The van der Waals surface area contributed by atoms with Gasteiger partial charge in [-0.15, -0.1) is 0 Å². The number of carbonyl (C=O) groups is 1. The quantitative estimate of drug-likeness (QED) is 0.756. The Kier molecular flexibility index (Phi) is 4.96. The van der Waals surface area contributed by atoms with Gasteiger partial charge >= 0.3 is 0 Å². The van der Waals surface area contributed by atoms with Crippen LogP contribution in [0.1, 0.15) is 16.7 Å². The van der Waals surface area contributed by atoms with Gasteiger partial charge < -0.3 is 14.5 Å². The van der Waals surface area contributed by atoms with Crippen molar-refractivity contribution < 1.29 is 9.53 Å². The molecule has 1 saturated heterocycles. The summed E-state index contributed by atoms with van der Waals surface area (Å²) < 4.78 is 6.79. The lowest BCUT2D eigenvalue weighted by Gasteiger charge is -2.37. The zero-order valence-electron chi connectivity index (χ0n) is 14.8. The second-order valence-electron chi connectivity index (χ2n) is 6.88. The first-order valence-electron chi connectivity index (χ1n) is 8.96. The van der Waals surface area contributed by atoms with Crippen LogP contribution < -0.4 is 4.90 Å².